The van der Waals surface area contributed by atoms with Gasteiger partial charge in [0.25, 0.3) is 5.91 Å². The molecule has 5 nitrogen and oxygen atoms in total. The second-order valence-electron chi connectivity index (χ2n) is 6.60. The van der Waals surface area contributed by atoms with Crippen LogP contribution in [0.15, 0.2) is 30.6 Å². The first-order chi connectivity index (χ1) is 12.7. The third-order valence-electron chi connectivity index (χ3n) is 4.38. The SMILES string of the molecule is CC1CCCN(C(=O)c2cc(Nc3ccc(Cl)cc3C(F)(F)F)ncn2)C1. The molecule has 1 fully saturated rings. The maximum absolute atomic E-state index is 13.2. The van der Waals surface area contributed by atoms with Crippen molar-refractivity contribution in [3.8, 4) is 0 Å². The van der Waals surface area contributed by atoms with Crippen LogP contribution in [0.25, 0.3) is 0 Å². The molecule has 9 heteroatoms. The van der Waals surface area contributed by atoms with Crippen LogP contribution in [0.1, 0.15) is 35.8 Å². The number of benzene rings is 1. The number of hydrogen-bond donors (Lipinski definition) is 1. The number of carbonyl (C=O) groups is 1. The van der Waals surface area contributed by atoms with Gasteiger partial charge in [-0.25, -0.2) is 9.97 Å². The Morgan fingerprint density at radius 3 is 2.78 bits per heavy atom. The van der Waals surface area contributed by atoms with Crippen molar-refractivity contribution in [1.29, 1.82) is 0 Å². The highest BCUT2D eigenvalue weighted by molar-refractivity contribution is 6.30. The molecule has 0 radical (unpaired) electrons. The smallest absolute Gasteiger partial charge is 0.340 e. The largest absolute Gasteiger partial charge is 0.418 e. The van der Waals surface area contributed by atoms with Crippen LogP contribution >= 0.6 is 11.6 Å². The Morgan fingerprint density at radius 1 is 1.30 bits per heavy atom. The van der Waals surface area contributed by atoms with E-state index in [9.17, 15) is 18.0 Å². The number of alkyl halides is 3. The monoisotopic (exact) mass is 398 g/mol. The zero-order valence-electron chi connectivity index (χ0n) is 14.6. The lowest BCUT2D eigenvalue weighted by atomic mass is 10.00. The molecule has 1 atom stereocenters. The number of likely N-dealkylation sites (tertiary alicyclic amines) is 1. The first-order valence-electron chi connectivity index (χ1n) is 8.49. The lowest BCUT2D eigenvalue weighted by Gasteiger charge is -2.30. The van der Waals surface area contributed by atoms with Gasteiger partial charge in [-0.1, -0.05) is 18.5 Å². The van der Waals surface area contributed by atoms with Gasteiger partial charge in [0.2, 0.25) is 0 Å². The van der Waals surface area contributed by atoms with Gasteiger partial charge in [-0.05, 0) is 37.0 Å². The van der Waals surface area contributed by atoms with Crippen molar-refractivity contribution in [3.05, 3.63) is 46.9 Å². The maximum atomic E-state index is 13.2. The summed E-state index contributed by atoms with van der Waals surface area (Å²) in [5.41, 5.74) is -0.967. The number of anilines is 2. The van der Waals surface area contributed by atoms with Gasteiger partial charge in [0.05, 0.1) is 11.3 Å². The molecule has 0 spiro atoms. The van der Waals surface area contributed by atoms with E-state index in [-0.39, 0.29) is 28.1 Å². The molecule has 3 rings (SSSR count). The van der Waals surface area contributed by atoms with Crippen LogP contribution in [0.4, 0.5) is 24.7 Å². The third-order valence-corrected chi connectivity index (χ3v) is 4.62. The van der Waals surface area contributed by atoms with E-state index in [1.807, 2.05) is 0 Å². The van der Waals surface area contributed by atoms with Gasteiger partial charge < -0.3 is 10.2 Å². The van der Waals surface area contributed by atoms with Gasteiger partial charge in [0.15, 0.2) is 0 Å². The second kappa shape index (κ2) is 7.72. The standard InChI is InChI=1S/C18H18ClF3N4O/c1-11-3-2-6-26(9-11)17(27)15-8-16(24-10-23-15)25-14-5-4-12(19)7-13(14)18(20,21)22/h4-5,7-8,10-11H,2-3,6,9H2,1H3,(H,23,24,25). The molecule has 2 aromatic rings. The van der Waals surface area contributed by atoms with Crippen LogP contribution in [-0.4, -0.2) is 33.9 Å². The highest BCUT2D eigenvalue weighted by Gasteiger charge is 2.34. The molecular formula is C18H18ClF3N4O. The highest BCUT2D eigenvalue weighted by atomic mass is 35.5. The summed E-state index contributed by atoms with van der Waals surface area (Å²) in [5.74, 6) is 0.260. The van der Waals surface area contributed by atoms with Crippen molar-refractivity contribution in [2.45, 2.75) is 25.9 Å². The topological polar surface area (TPSA) is 58.1 Å². The summed E-state index contributed by atoms with van der Waals surface area (Å²) in [7, 11) is 0. The van der Waals surface area contributed by atoms with Crippen molar-refractivity contribution >= 4 is 29.0 Å². The van der Waals surface area contributed by atoms with Crippen LogP contribution in [0.2, 0.25) is 5.02 Å². The summed E-state index contributed by atoms with van der Waals surface area (Å²) in [6, 6.07) is 4.77. The van der Waals surface area contributed by atoms with Gasteiger partial charge in [0.1, 0.15) is 17.8 Å². The average molecular weight is 399 g/mol. The molecule has 1 amide bonds. The number of nitrogens with zero attached hydrogens (tertiary/aromatic N) is 3. The predicted octanol–water partition coefficient (Wildman–Crippen LogP) is 4.76. The molecule has 1 N–H and O–H groups in total. The fourth-order valence-corrected chi connectivity index (χ4v) is 3.25. The van der Waals surface area contributed by atoms with Crippen LogP contribution in [0, 0.1) is 5.92 Å². The molecule has 0 bridgehead atoms. The molecule has 1 aromatic carbocycles. The zero-order chi connectivity index (χ0) is 19.6. The minimum absolute atomic E-state index is 0.0225. The summed E-state index contributed by atoms with van der Waals surface area (Å²) in [5, 5.41) is 2.59. The van der Waals surface area contributed by atoms with Crippen LogP contribution in [0.3, 0.4) is 0 Å². The first-order valence-corrected chi connectivity index (χ1v) is 8.87. The van der Waals surface area contributed by atoms with Gasteiger partial charge in [0, 0.05) is 24.2 Å². The molecule has 27 heavy (non-hydrogen) atoms. The summed E-state index contributed by atoms with van der Waals surface area (Å²) in [6.07, 6.45) is -1.44. The van der Waals surface area contributed by atoms with E-state index in [0.717, 1.165) is 25.2 Å². The molecule has 1 aliphatic heterocycles. The van der Waals surface area contributed by atoms with E-state index in [1.165, 1.54) is 18.2 Å². The predicted molar refractivity (Wildman–Crippen MR) is 96.1 cm³/mol. The maximum Gasteiger partial charge on any atom is 0.418 e. The highest BCUT2D eigenvalue weighted by Crippen LogP contribution is 2.37. The Morgan fingerprint density at radius 2 is 2.07 bits per heavy atom. The number of amides is 1. The van der Waals surface area contributed by atoms with Crippen LogP contribution in [-0.2, 0) is 6.18 Å². The number of nitrogens with one attached hydrogen (secondary N) is 1. The molecule has 1 unspecified atom stereocenters. The summed E-state index contributed by atoms with van der Waals surface area (Å²) >= 11 is 5.69. The minimum atomic E-state index is -4.58. The number of piperidine rings is 1. The number of rotatable bonds is 3. The summed E-state index contributed by atoms with van der Waals surface area (Å²) in [6.45, 7) is 3.36. The lowest BCUT2D eigenvalue weighted by molar-refractivity contribution is -0.136. The van der Waals surface area contributed by atoms with E-state index >= 15 is 0 Å². The van der Waals surface area contributed by atoms with E-state index in [0.29, 0.717) is 19.0 Å². The van der Waals surface area contributed by atoms with Crippen molar-refractivity contribution < 1.29 is 18.0 Å². The number of hydrogen-bond acceptors (Lipinski definition) is 4. The molecular weight excluding hydrogens is 381 g/mol. The Kier molecular flexibility index (Phi) is 5.55. The van der Waals surface area contributed by atoms with Gasteiger partial charge >= 0.3 is 6.18 Å². The van der Waals surface area contributed by atoms with E-state index in [4.69, 9.17) is 11.6 Å². The Balaban J connectivity index is 1.84. The summed E-state index contributed by atoms with van der Waals surface area (Å²) < 4.78 is 39.7. The number of halogens is 4. The van der Waals surface area contributed by atoms with E-state index in [1.54, 1.807) is 4.90 Å². The Labute approximate surface area is 159 Å². The lowest BCUT2D eigenvalue weighted by Crippen LogP contribution is -2.39. The number of aromatic nitrogens is 2. The van der Waals surface area contributed by atoms with Crippen molar-refractivity contribution in [2.24, 2.45) is 5.92 Å². The van der Waals surface area contributed by atoms with Gasteiger partial charge in [-0.15, -0.1) is 0 Å². The quantitative estimate of drug-likeness (QED) is 0.809. The van der Waals surface area contributed by atoms with Crippen molar-refractivity contribution in [3.63, 3.8) is 0 Å². The zero-order valence-corrected chi connectivity index (χ0v) is 15.3. The first kappa shape index (κ1) is 19.4. The van der Waals surface area contributed by atoms with Gasteiger partial charge in [-0.2, -0.15) is 13.2 Å². The van der Waals surface area contributed by atoms with Crippen molar-refractivity contribution in [2.75, 3.05) is 18.4 Å². The molecule has 1 aliphatic rings. The van der Waals surface area contributed by atoms with Crippen LogP contribution < -0.4 is 5.32 Å². The normalized spacial score (nSPS) is 17.7. The molecule has 1 saturated heterocycles. The second-order valence-corrected chi connectivity index (χ2v) is 7.04. The fourth-order valence-electron chi connectivity index (χ4n) is 3.08. The molecule has 1 aromatic heterocycles. The number of carbonyl (C=O) groups excluding carboxylic acids is 1. The Hall–Kier alpha value is -2.35. The van der Waals surface area contributed by atoms with E-state index < -0.39 is 11.7 Å². The fraction of sp³-hybridized carbons (Fsp3) is 0.389. The molecule has 144 valence electrons. The average Bonchev–Trinajstić information content (AvgIpc) is 2.62. The minimum Gasteiger partial charge on any atom is -0.340 e. The Bertz CT molecular complexity index is 844. The van der Waals surface area contributed by atoms with Crippen molar-refractivity contribution in [1.82, 2.24) is 14.9 Å². The third kappa shape index (κ3) is 4.68. The van der Waals surface area contributed by atoms with Gasteiger partial charge in [-0.3, -0.25) is 4.79 Å². The van der Waals surface area contributed by atoms with Crippen LogP contribution in [0.5, 0.6) is 0 Å². The molecule has 0 saturated carbocycles. The molecule has 2 heterocycles. The summed E-state index contributed by atoms with van der Waals surface area (Å²) in [4.78, 5) is 22.3. The van der Waals surface area contributed by atoms with E-state index in [2.05, 4.69) is 22.2 Å². The molecule has 0 aliphatic carbocycles.